The van der Waals surface area contributed by atoms with E-state index in [1.54, 1.807) is 12.1 Å². The number of halogens is 2. The van der Waals surface area contributed by atoms with E-state index in [1.165, 1.54) is 5.56 Å². The summed E-state index contributed by atoms with van der Waals surface area (Å²) in [6, 6.07) is 14.0. The van der Waals surface area contributed by atoms with Gasteiger partial charge in [-0.05, 0) is 31.0 Å². The second-order valence-corrected chi connectivity index (χ2v) is 5.40. The predicted molar refractivity (Wildman–Crippen MR) is 84.1 cm³/mol. The molecule has 0 heterocycles. The highest BCUT2D eigenvalue weighted by atomic mass is 35.5. The third kappa shape index (κ3) is 3.79. The number of nitrogens with two attached hydrogens (primary N) is 1. The lowest BCUT2D eigenvalue weighted by molar-refractivity contribution is 0.791. The van der Waals surface area contributed by atoms with E-state index in [1.807, 2.05) is 18.2 Å². The lowest BCUT2D eigenvalue weighted by Gasteiger charge is -2.17. The molecule has 0 aliphatic rings. The summed E-state index contributed by atoms with van der Waals surface area (Å²) in [5, 5.41) is 4.34. The van der Waals surface area contributed by atoms with E-state index in [0.717, 1.165) is 12.1 Å². The molecule has 2 aromatic carbocycles. The van der Waals surface area contributed by atoms with Crippen molar-refractivity contribution in [3.63, 3.8) is 0 Å². The summed E-state index contributed by atoms with van der Waals surface area (Å²) in [7, 11) is 0. The number of rotatable bonds is 4. The first-order valence-corrected chi connectivity index (χ1v) is 6.87. The van der Waals surface area contributed by atoms with Crippen molar-refractivity contribution in [2.24, 2.45) is 0 Å². The molecule has 0 saturated carbocycles. The summed E-state index contributed by atoms with van der Waals surface area (Å²) >= 11 is 11.9. The van der Waals surface area contributed by atoms with Gasteiger partial charge in [0.15, 0.2) is 0 Å². The van der Waals surface area contributed by atoms with Gasteiger partial charge in [0.05, 0.1) is 21.4 Å². The monoisotopic (exact) mass is 294 g/mol. The molecule has 0 spiro atoms. The standard InChI is InChI=1S/C15H16Cl2N2/c1-10(7-11-5-3-2-4-6-11)19-15-9-13(17)12(16)8-14(15)18/h2-6,8-10,19H,7,18H2,1H3. The predicted octanol–water partition coefficient (Wildman–Crippen LogP) is 4.62. The van der Waals surface area contributed by atoms with Crippen LogP contribution in [0.4, 0.5) is 11.4 Å². The molecule has 0 bridgehead atoms. The average Bonchev–Trinajstić information content (AvgIpc) is 2.37. The Balaban J connectivity index is 2.07. The Bertz CT molecular complexity index is 556. The lowest BCUT2D eigenvalue weighted by Crippen LogP contribution is -2.18. The molecule has 2 rings (SSSR count). The Morgan fingerprint density at radius 2 is 1.74 bits per heavy atom. The maximum Gasteiger partial charge on any atom is 0.0614 e. The van der Waals surface area contributed by atoms with Gasteiger partial charge in [0.1, 0.15) is 0 Å². The van der Waals surface area contributed by atoms with Crippen LogP contribution in [0.3, 0.4) is 0 Å². The molecule has 1 unspecified atom stereocenters. The Labute approximate surface area is 123 Å². The van der Waals surface area contributed by atoms with Crippen molar-refractivity contribution in [3.05, 3.63) is 58.1 Å². The van der Waals surface area contributed by atoms with E-state index in [0.29, 0.717) is 15.7 Å². The van der Waals surface area contributed by atoms with Crippen molar-refractivity contribution in [1.82, 2.24) is 0 Å². The molecule has 0 radical (unpaired) electrons. The molecule has 3 N–H and O–H groups in total. The third-order valence-corrected chi connectivity index (χ3v) is 3.60. The normalized spacial score (nSPS) is 12.2. The fourth-order valence-electron chi connectivity index (χ4n) is 1.97. The van der Waals surface area contributed by atoms with E-state index in [-0.39, 0.29) is 6.04 Å². The summed E-state index contributed by atoms with van der Waals surface area (Å²) < 4.78 is 0. The van der Waals surface area contributed by atoms with Gasteiger partial charge >= 0.3 is 0 Å². The molecule has 0 saturated heterocycles. The van der Waals surface area contributed by atoms with E-state index < -0.39 is 0 Å². The summed E-state index contributed by atoms with van der Waals surface area (Å²) in [6.07, 6.45) is 0.917. The molecule has 0 amide bonds. The molecule has 0 aliphatic carbocycles. The smallest absolute Gasteiger partial charge is 0.0614 e. The van der Waals surface area contributed by atoms with Crippen molar-refractivity contribution >= 4 is 34.6 Å². The zero-order valence-corrected chi connectivity index (χ0v) is 12.2. The number of nitrogen functional groups attached to an aromatic ring is 1. The van der Waals surface area contributed by atoms with Crippen molar-refractivity contribution in [2.75, 3.05) is 11.1 Å². The van der Waals surface area contributed by atoms with Gasteiger partial charge < -0.3 is 11.1 Å². The molecular formula is C15H16Cl2N2. The lowest BCUT2D eigenvalue weighted by atomic mass is 10.1. The number of anilines is 2. The van der Waals surface area contributed by atoms with Crippen LogP contribution in [0.25, 0.3) is 0 Å². The fraction of sp³-hybridized carbons (Fsp3) is 0.200. The molecule has 2 aromatic rings. The van der Waals surface area contributed by atoms with Gasteiger partial charge in [-0.1, -0.05) is 53.5 Å². The van der Waals surface area contributed by atoms with Crippen molar-refractivity contribution in [1.29, 1.82) is 0 Å². The van der Waals surface area contributed by atoms with Crippen LogP contribution >= 0.6 is 23.2 Å². The highest BCUT2D eigenvalue weighted by molar-refractivity contribution is 6.42. The van der Waals surface area contributed by atoms with Crippen LogP contribution in [0, 0.1) is 0 Å². The SMILES string of the molecule is CC(Cc1ccccc1)Nc1cc(Cl)c(Cl)cc1N. The largest absolute Gasteiger partial charge is 0.397 e. The Morgan fingerprint density at radius 3 is 2.42 bits per heavy atom. The Kier molecular flexibility index (Phi) is 4.56. The van der Waals surface area contributed by atoms with Crippen LogP contribution in [0.2, 0.25) is 10.0 Å². The maximum absolute atomic E-state index is 6.00. The van der Waals surface area contributed by atoms with E-state index in [2.05, 4.69) is 24.4 Å². The van der Waals surface area contributed by atoms with Gasteiger partial charge in [-0.2, -0.15) is 0 Å². The van der Waals surface area contributed by atoms with Gasteiger partial charge in [-0.25, -0.2) is 0 Å². The van der Waals surface area contributed by atoms with Crippen molar-refractivity contribution in [2.45, 2.75) is 19.4 Å². The zero-order chi connectivity index (χ0) is 13.8. The maximum atomic E-state index is 6.00. The molecule has 2 nitrogen and oxygen atoms in total. The number of hydrogen-bond donors (Lipinski definition) is 2. The van der Waals surface area contributed by atoms with Crippen molar-refractivity contribution in [3.8, 4) is 0 Å². The van der Waals surface area contributed by atoms with Crippen LogP contribution in [-0.2, 0) is 6.42 Å². The first kappa shape index (κ1) is 14.0. The molecule has 0 aliphatic heterocycles. The minimum absolute atomic E-state index is 0.252. The number of benzene rings is 2. The van der Waals surface area contributed by atoms with E-state index in [4.69, 9.17) is 28.9 Å². The third-order valence-electron chi connectivity index (χ3n) is 2.88. The highest BCUT2D eigenvalue weighted by Crippen LogP contribution is 2.31. The van der Waals surface area contributed by atoms with Crippen LogP contribution in [0.15, 0.2) is 42.5 Å². The average molecular weight is 295 g/mol. The highest BCUT2D eigenvalue weighted by Gasteiger charge is 2.08. The summed E-state index contributed by atoms with van der Waals surface area (Å²) in [6.45, 7) is 2.11. The Hall–Kier alpha value is -1.38. The minimum Gasteiger partial charge on any atom is -0.397 e. The second kappa shape index (κ2) is 6.18. The summed E-state index contributed by atoms with van der Waals surface area (Å²) in [5.41, 5.74) is 8.63. The van der Waals surface area contributed by atoms with Gasteiger partial charge in [-0.15, -0.1) is 0 Å². The molecular weight excluding hydrogens is 279 g/mol. The quantitative estimate of drug-likeness (QED) is 0.808. The van der Waals surface area contributed by atoms with Gasteiger partial charge in [-0.3, -0.25) is 0 Å². The number of hydrogen-bond acceptors (Lipinski definition) is 2. The summed E-state index contributed by atoms with van der Waals surface area (Å²) in [5.74, 6) is 0. The van der Waals surface area contributed by atoms with Crippen LogP contribution in [-0.4, -0.2) is 6.04 Å². The van der Waals surface area contributed by atoms with E-state index >= 15 is 0 Å². The minimum atomic E-state index is 0.252. The zero-order valence-electron chi connectivity index (χ0n) is 10.7. The first-order valence-electron chi connectivity index (χ1n) is 6.11. The van der Waals surface area contributed by atoms with Crippen LogP contribution < -0.4 is 11.1 Å². The first-order chi connectivity index (χ1) is 9.06. The van der Waals surface area contributed by atoms with Gasteiger partial charge in [0.25, 0.3) is 0 Å². The molecule has 19 heavy (non-hydrogen) atoms. The fourth-order valence-corrected chi connectivity index (χ4v) is 2.31. The molecule has 0 fully saturated rings. The summed E-state index contributed by atoms with van der Waals surface area (Å²) in [4.78, 5) is 0. The molecule has 100 valence electrons. The van der Waals surface area contributed by atoms with Crippen LogP contribution in [0.1, 0.15) is 12.5 Å². The number of nitrogens with one attached hydrogen (secondary N) is 1. The molecule has 4 heteroatoms. The van der Waals surface area contributed by atoms with Crippen LogP contribution in [0.5, 0.6) is 0 Å². The van der Waals surface area contributed by atoms with Crippen molar-refractivity contribution < 1.29 is 0 Å². The topological polar surface area (TPSA) is 38.0 Å². The van der Waals surface area contributed by atoms with E-state index in [9.17, 15) is 0 Å². The Morgan fingerprint density at radius 1 is 1.11 bits per heavy atom. The second-order valence-electron chi connectivity index (χ2n) is 4.59. The molecule has 1 atom stereocenters. The van der Waals surface area contributed by atoms with Gasteiger partial charge in [0, 0.05) is 6.04 Å². The van der Waals surface area contributed by atoms with Gasteiger partial charge in [0.2, 0.25) is 0 Å². The molecule has 0 aromatic heterocycles.